The highest BCUT2D eigenvalue weighted by atomic mass is 32.1. The van der Waals surface area contributed by atoms with Crippen LogP contribution in [0, 0.1) is 6.92 Å². The number of aliphatic carboxylic acids is 2. The molecule has 0 spiro atoms. The molecule has 2 amide bonds. The van der Waals surface area contributed by atoms with Crippen molar-refractivity contribution in [2.45, 2.75) is 6.92 Å². The van der Waals surface area contributed by atoms with Gasteiger partial charge in [-0.2, -0.15) is 0 Å². The first-order chi connectivity index (χ1) is 20.4. The Labute approximate surface area is 249 Å². The zero-order valence-electron chi connectivity index (χ0n) is 22.2. The van der Waals surface area contributed by atoms with Crippen molar-refractivity contribution in [3.05, 3.63) is 91.7 Å². The number of carboxylic acids is 2. The molecule has 6 N–H and O–H groups in total. The predicted octanol–water partition coefficient (Wildman–Crippen LogP) is 3.02. The van der Waals surface area contributed by atoms with Crippen molar-refractivity contribution < 1.29 is 39.6 Å². The number of carbonyl (C=O) groups excluding carboxylic acids is 2. The topological polar surface area (TPSA) is 207 Å². The van der Waals surface area contributed by atoms with Crippen LogP contribution in [0.25, 0.3) is 30.9 Å². The molecule has 12 nitrogen and oxygen atoms in total. The first-order valence-electron chi connectivity index (χ1n) is 12.3. The van der Waals surface area contributed by atoms with Crippen LogP contribution in [0.2, 0.25) is 0 Å². The molecule has 3 aromatic carbocycles. The van der Waals surface area contributed by atoms with Gasteiger partial charge >= 0.3 is 11.9 Å². The number of benzene rings is 3. The number of rotatable bonds is 6. The molecule has 14 heteroatoms. The van der Waals surface area contributed by atoms with Gasteiger partial charge in [0.15, 0.2) is 10.1 Å². The normalized spacial score (nSPS) is 10.6. The summed E-state index contributed by atoms with van der Waals surface area (Å²) in [6, 6.07) is 15.8. The lowest BCUT2D eigenvalue weighted by molar-refractivity contribution is -0.136. The van der Waals surface area contributed by atoms with Crippen LogP contribution < -0.4 is 21.5 Å². The Morgan fingerprint density at radius 1 is 0.651 bits per heavy atom. The molecule has 2 heterocycles. The van der Waals surface area contributed by atoms with Crippen LogP contribution in [0.15, 0.2) is 64.2 Å². The third kappa shape index (κ3) is 6.45. The summed E-state index contributed by atoms with van der Waals surface area (Å²) in [6.45, 7) is 0.550. The number of nitrogens with one attached hydrogen (secondary N) is 2. The number of fused-ring (bicyclic) bond motifs is 4. The fourth-order valence-electron chi connectivity index (χ4n) is 4.15. The van der Waals surface area contributed by atoms with Gasteiger partial charge in [0.05, 0.1) is 0 Å². The quantitative estimate of drug-likeness (QED) is 0.153. The Morgan fingerprint density at radius 3 is 1.70 bits per heavy atom. The maximum Gasteiger partial charge on any atom is 0.322 e. The number of carboxylic acid groups (broad SMARTS) is 2. The van der Waals surface area contributed by atoms with Crippen molar-refractivity contribution in [1.82, 2.24) is 10.6 Å². The summed E-state index contributed by atoms with van der Waals surface area (Å²) in [5, 5.41) is 42.7. The van der Waals surface area contributed by atoms with Gasteiger partial charge in [0, 0.05) is 20.2 Å². The number of carbonyl (C=O) groups is 4. The third-order valence-corrected chi connectivity index (χ3v) is 8.30. The maximum atomic E-state index is 12.5. The summed E-state index contributed by atoms with van der Waals surface area (Å²) in [6.07, 6.45) is 0. The Morgan fingerprint density at radius 2 is 1.14 bits per heavy atom. The largest absolute Gasteiger partial charge is 0.499 e. The molecule has 5 aromatic rings. The second-order valence-corrected chi connectivity index (χ2v) is 11.0. The summed E-state index contributed by atoms with van der Waals surface area (Å²) in [4.78, 5) is 69.4. The van der Waals surface area contributed by atoms with Gasteiger partial charge in [0.1, 0.15) is 24.2 Å². The molecular formula is C29H22N2O10S2. The Bertz CT molecular complexity index is 2070. The Hall–Kier alpha value is -5.34. The van der Waals surface area contributed by atoms with Gasteiger partial charge in [0.25, 0.3) is 11.8 Å². The first-order valence-corrected chi connectivity index (χ1v) is 14.0. The van der Waals surface area contributed by atoms with E-state index >= 15 is 0 Å². The van der Waals surface area contributed by atoms with Crippen LogP contribution in [0.1, 0.15) is 26.3 Å². The molecule has 0 radical (unpaired) electrons. The van der Waals surface area contributed by atoms with Crippen molar-refractivity contribution in [2.75, 3.05) is 13.1 Å². The molecule has 0 saturated heterocycles. The lowest BCUT2D eigenvalue weighted by Crippen LogP contribution is -2.32. The van der Waals surface area contributed by atoms with E-state index in [0.29, 0.717) is 20.2 Å². The number of aromatic hydroxyl groups is 2. The number of amides is 2. The van der Waals surface area contributed by atoms with Crippen LogP contribution in [-0.4, -0.2) is 57.3 Å². The van der Waals surface area contributed by atoms with Crippen LogP contribution in [-0.2, 0) is 9.59 Å². The highest BCUT2D eigenvalue weighted by molar-refractivity contribution is 7.21. The summed E-state index contributed by atoms with van der Waals surface area (Å²) in [7, 11) is 0. The van der Waals surface area contributed by atoms with Crippen molar-refractivity contribution in [3.8, 4) is 10.1 Å². The van der Waals surface area contributed by atoms with E-state index in [-0.39, 0.29) is 0 Å². The smallest absolute Gasteiger partial charge is 0.322 e. The second kappa shape index (κ2) is 12.7. The molecule has 0 fully saturated rings. The van der Waals surface area contributed by atoms with E-state index in [1.54, 1.807) is 37.3 Å². The van der Waals surface area contributed by atoms with E-state index in [1.165, 1.54) is 0 Å². The van der Waals surface area contributed by atoms with Gasteiger partial charge < -0.3 is 31.1 Å². The van der Waals surface area contributed by atoms with Crippen molar-refractivity contribution in [2.24, 2.45) is 0 Å². The van der Waals surface area contributed by atoms with Gasteiger partial charge in [-0.25, -0.2) is 0 Å². The minimum absolute atomic E-state index is 0.312. The molecule has 5 rings (SSSR count). The average Bonchev–Trinajstić information content (AvgIpc) is 2.96. The first kappa shape index (κ1) is 30.6. The van der Waals surface area contributed by atoms with Gasteiger partial charge in [-0.1, -0.05) is 65.1 Å². The molecular weight excluding hydrogens is 600 g/mol. The fraction of sp³-hybridized carbons (Fsp3) is 0.103. The molecule has 0 atom stereocenters. The Balaban J connectivity index is 0.000000199. The molecule has 0 saturated carbocycles. The minimum Gasteiger partial charge on any atom is -0.499 e. The highest BCUT2D eigenvalue weighted by Crippen LogP contribution is 2.33. The lowest BCUT2D eigenvalue weighted by atomic mass is 10.1. The monoisotopic (exact) mass is 622 g/mol. The van der Waals surface area contributed by atoms with Gasteiger partial charge in [-0.15, -0.1) is 0 Å². The van der Waals surface area contributed by atoms with E-state index < -0.39 is 69.0 Å². The number of aryl methyl sites for hydroxylation is 1. The summed E-state index contributed by atoms with van der Waals surface area (Å²) in [5.74, 6) is -4.26. The average molecular weight is 623 g/mol. The molecule has 0 aliphatic rings. The maximum absolute atomic E-state index is 12.5. The van der Waals surface area contributed by atoms with E-state index in [2.05, 4.69) is 10.6 Å². The van der Waals surface area contributed by atoms with Crippen LogP contribution in [0.3, 0.4) is 0 Å². The van der Waals surface area contributed by atoms with Gasteiger partial charge in [-0.3, -0.25) is 28.8 Å². The van der Waals surface area contributed by atoms with E-state index in [1.807, 2.05) is 24.3 Å². The summed E-state index contributed by atoms with van der Waals surface area (Å²) >= 11 is 1.84. The van der Waals surface area contributed by atoms with Crippen molar-refractivity contribution in [1.29, 1.82) is 0 Å². The molecule has 43 heavy (non-hydrogen) atoms. The van der Waals surface area contributed by atoms with Gasteiger partial charge in [0.2, 0.25) is 10.9 Å². The van der Waals surface area contributed by atoms with Crippen LogP contribution in [0.4, 0.5) is 0 Å². The Kier molecular flexibility index (Phi) is 9.02. The zero-order chi connectivity index (χ0) is 31.4. The van der Waals surface area contributed by atoms with Gasteiger partial charge in [-0.05, 0) is 35.4 Å². The molecule has 0 aliphatic carbocycles. The standard InChI is InChI=1S/C16H11NO5S.C13H11NO5S/c18-11(19)7-17-15(21)12-13(20)10-6-5-8-3-1-2-4-9(8)14(10)23-16(12)22;1-6-3-2-4-7-10(17)9(13(19)20-11(6)7)12(18)14-5-8(15)16/h1-6,22H,7H2,(H,17,21)(H,18,19);2-4,19H,5H2,1H3,(H,14,18)(H,15,16). The molecule has 0 unspecified atom stereocenters. The van der Waals surface area contributed by atoms with Crippen LogP contribution >= 0.6 is 22.7 Å². The summed E-state index contributed by atoms with van der Waals surface area (Å²) in [5.41, 5.74) is -1.27. The number of hydrogen-bond acceptors (Lipinski definition) is 10. The number of hydrogen-bond donors (Lipinski definition) is 6. The molecule has 0 aliphatic heterocycles. The van der Waals surface area contributed by atoms with Crippen molar-refractivity contribution in [3.63, 3.8) is 0 Å². The lowest BCUT2D eigenvalue weighted by Gasteiger charge is -2.07. The van der Waals surface area contributed by atoms with E-state index in [9.17, 15) is 39.0 Å². The third-order valence-electron chi connectivity index (χ3n) is 6.11. The van der Waals surface area contributed by atoms with Crippen molar-refractivity contribution >= 4 is 77.4 Å². The van der Waals surface area contributed by atoms with E-state index in [0.717, 1.165) is 39.0 Å². The molecule has 0 bridgehead atoms. The predicted molar refractivity (Wildman–Crippen MR) is 162 cm³/mol. The van der Waals surface area contributed by atoms with Crippen LogP contribution in [0.5, 0.6) is 10.1 Å². The fourth-order valence-corrected chi connectivity index (χ4v) is 6.17. The molecule has 2 aromatic heterocycles. The second-order valence-electron chi connectivity index (χ2n) is 8.99. The molecule has 220 valence electrons. The highest BCUT2D eigenvalue weighted by Gasteiger charge is 2.21. The van der Waals surface area contributed by atoms with E-state index in [4.69, 9.17) is 10.2 Å². The SMILES string of the molecule is Cc1cccc2c(=O)c(C(=O)NCC(=O)O)c(O)sc12.O=C(O)CNC(=O)c1c(O)sc2c(ccc3ccccc32)c1=O. The summed E-state index contributed by atoms with van der Waals surface area (Å²) < 4.78 is 1.19. The zero-order valence-corrected chi connectivity index (χ0v) is 23.8. The minimum atomic E-state index is -1.24.